The molecule has 8 nitrogen and oxygen atoms in total. The molecule has 0 unspecified atom stereocenters. The minimum absolute atomic E-state index is 0.0376. The lowest BCUT2D eigenvalue weighted by Gasteiger charge is -2.21. The molecule has 1 aliphatic carbocycles. The predicted octanol–water partition coefficient (Wildman–Crippen LogP) is 3.89. The van der Waals surface area contributed by atoms with Crippen LogP contribution in [-0.2, 0) is 27.7 Å². The van der Waals surface area contributed by atoms with Crippen LogP contribution in [0.25, 0.3) is 6.20 Å². The molecule has 37 heavy (non-hydrogen) atoms. The lowest BCUT2D eigenvalue weighted by molar-refractivity contribution is -0.123. The number of aryl methyl sites for hydroxylation is 1. The zero-order valence-corrected chi connectivity index (χ0v) is 22.7. The normalized spacial score (nSPS) is 14.2. The number of carbonyl (C=O) groups excluding carboxylic acids is 2. The van der Waals surface area contributed by atoms with Gasteiger partial charge in [0.25, 0.3) is 5.91 Å². The van der Waals surface area contributed by atoms with Gasteiger partial charge in [-0.05, 0) is 74.3 Å². The van der Waals surface area contributed by atoms with Gasteiger partial charge in [0.15, 0.2) is 0 Å². The number of sulfonamides is 1. The van der Waals surface area contributed by atoms with Gasteiger partial charge < -0.3 is 15.2 Å². The van der Waals surface area contributed by atoms with Crippen molar-refractivity contribution in [2.45, 2.75) is 63.3 Å². The maximum Gasteiger partial charge on any atom is 0.268 e. The minimum Gasteiger partial charge on any atom is -0.354 e. The SMILES string of the molecule is C=Cn1c(C(=O)N[C@@H](CC(C)C)C(=O)NCCCNS(=O)(=O)c2ccc(F)cc2Cl)cc2c1CCCC2. The molecule has 1 aromatic heterocycles. The van der Waals surface area contributed by atoms with Crippen molar-refractivity contribution in [3.8, 4) is 0 Å². The summed E-state index contributed by atoms with van der Waals surface area (Å²) in [6, 6.07) is 4.19. The van der Waals surface area contributed by atoms with Gasteiger partial charge in [-0.25, -0.2) is 17.5 Å². The summed E-state index contributed by atoms with van der Waals surface area (Å²) in [6.45, 7) is 8.01. The summed E-state index contributed by atoms with van der Waals surface area (Å²) in [5, 5.41) is 5.43. The van der Waals surface area contributed by atoms with E-state index in [0.717, 1.165) is 55.1 Å². The zero-order valence-electron chi connectivity index (χ0n) is 21.1. The van der Waals surface area contributed by atoms with Gasteiger partial charge >= 0.3 is 0 Å². The van der Waals surface area contributed by atoms with Gasteiger partial charge in [-0.3, -0.25) is 9.59 Å². The van der Waals surface area contributed by atoms with Crippen molar-refractivity contribution in [2.75, 3.05) is 13.1 Å². The first-order valence-electron chi connectivity index (χ1n) is 12.4. The highest BCUT2D eigenvalue weighted by atomic mass is 35.5. The number of benzene rings is 1. The van der Waals surface area contributed by atoms with Crippen molar-refractivity contribution in [3.63, 3.8) is 0 Å². The van der Waals surface area contributed by atoms with Gasteiger partial charge in [0, 0.05) is 25.0 Å². The number of fused-ring (bicyclic) bond motifs is 1. The Balaban J connectivity index is 1.56. The first-order valence-corrected chi connectivity index (χ1v) is 14.3. The van der Waals surface area contributed by atoms with E-state index in [1.54, 1.807) is 6.20 Å². The summed E-state index contributed by atoms with van der Waals surface area (Å²) in [6.07, 6.45) is 6.35. The molecule has 3 N–H and O–H groups in total. The summed E-state index contributed by atoms with van der Waals surface area (Å²) >= 11 is 5.85. The average Bonchev–Trinajstić information content (AvgIpc) is 3.21. The first kappa shape index (κ1) is 28.9. The quantitative estimate of drug-likeness (QED) is 0.347. The third-order valence-corrected chi connectivity index (χ3v) is 8.16. The molecule has 0 spiro atoms. The molecular weight excluding hydrogens is 519 g/mol. The second-order valence-corrected chi connectivity index (χ2v) is 11.7. The van der Waals surface area contributed by atoms with Crippen LogP contribution in [0.1, 0.15) is 61.3 Å². The van der Waals surface area contributed by atoms with Crippen LogP contribution in [0.4, 0.5) is 4.39 Å². The number of halogens is 2. The highest BCUT2D eigenvalue weighted by Gasteiger charge is 2.26. The number of nitrogens with zero attached hydrogens (tertiary/aromatic N) is 1. The van der Waals surface area contributed by atoms with Gasteiger partial charge in [-0.15, -0.1) is 0 Å². The molecule has 0 saturated heterocycles. The van der Waals surface area contributed by atoms with Crippen molar-refractivity contribution >= 4 is 39.6 Å². The van der Waals surface area contributed by atoms with E-state index < -0.39 is 21.9 Å². The minimum atomic E-state index is -3.92. The molecule has 11 heteroatoms. The number of hydrogen-bond acceptors (Lipinski definition) is 4. The molecule has 0 aliphatic heterocycles. The molecule has 0 saturated carbocycles. The standard InChI is InChI=1S/C26H34ClFN4O4S/c1-4-32-22-9-6-5-8-18(22)15-23(32)26(34)31-21(14-17(2)3)25(33)29-12-7-13-30-37(35,36)24-11-10-19(28)16-20(24)27/h4,10-11,15-17,21,30H,1,5-9,12-14H2,2-3H3,(H,29,33)(H,31,34)/t21-/m0/s1. The monoisotopic (exact) mass is 552 g/mol. The van der Waals surface area contributed by atoms with Gasteiger partial charge in [-0.2, -0.15) is 0 Å². The van der Waals surface area contributed by atoms with E-state index in [-0.39, 0.29) is 40.7 Å². The number of hydrogen-bond donors (Lipinski definition) is 3. The number of aromatic nitrogens is 1. The maximum atomic E-state index is 13.2. The lowest BCUT2D eigenvalue weighted by Crippen LogP contribution is -2.48. The molecule has 0 fully saturated rings. The summed E-state index contributed by atoms with van der Waals surface area (Å²) < 4.78 is 42.2. The van der Waals surface area contributed by atoms with Crippen LogP contribution in [0.15, 0.2) is 35.7 Å². The zero-order chi connectivity index (χ0) is 27.2. The predicted molar refractivity (Wildman–Crippen MR) is 142 cm³/mol. The van der Waals surface area contributed by atoms with Crippen LogP contribution < -0.4 is 15.4 Å². The largest absolute Gasteiger partial charge is 0.354 e. The Kier molecular flexibility index (Phi) is 9.92. The molecule has 1 atom stereocenters. The van der Waals surface area contributed by atoms with E-state index in [2.05, 4.69) is 21.9 Å². The van der Waals surface area contributed by atoms with Gasteiger partial charge in [-0.1, -0.05) is 32.0 Å². The van der Waals surface area contributed by atoms with E-state index >= 15 is 0 Å². The van der Waals surface area contributed by atoms with Gasteiger partial charge in [0.05, 0.1) is 5.02 Å². The molecule has 202 valence electrons. The molecule has 2 aromatic rings. The van der Waals surface area contributed by atoms with Crippen LogP contribution in [0, 0.1) is 11.7 Å². The highest BCUT2D eigenvalue weighted by Crippen LogP contribution is 2.26. The molecule has 1 aromatic carbocycles. The van der Waals surface area contributed by atoms with Crippen molar-refractivity contribution in [1.29, 1.82) is 0 Å². The fourth-order valence-corrected chi connectivity index (χ4v) is 6.05. The highest BCUT2D eigenvalue weighted by molar-refractivity contribution is 7.89. The molecule has 2 amide bonds. The molecule has 1 aliphatic rings. The van der Waals surface area contributed by atoms with Crippen LogP contribution in [0.3, 0.4) is 0 Å². The third-order valence-electron chi connectivity index (χ3n) is 6.21. The maximum absolute atomic E-state index is 13.2. The Bertz CT molecular complexity index is 1260. The Morgan fingerprint density at radius 2 is 1.92 bits per heavy atom. The number of nitrogens with one attached hydrogen (secondary N) is 3. The Morgan fingerprint density at radius 3 is 2.59 bits per heavy atom. The molecule has 0 radical (unpaired) electrons. The number of amides is 2. The van der Waals surface area contributed by atoms with E-state index in [0.29, 0.717) is 18.5 Å². The number of rotatable bonds is 12. The van der Waals surface area contributed by atoms with Gasteiger partial charge in [0.2, 0.25) is 15.9 Å². The smallest absolute Gasteiger partial charge is 0.268 e. The molecular formula is C26H34ClFN4O4S. The van der Waals surface area contributed by atoms with Crippen molar-refractivity contribution in [1.82, 2.24) is 19.9 Å². The summed E-state index contributed by atoms with van der Waals surface area (Å²) in [5.41, 5.74) is 2.71. The van der Waals surface area contributed by atoms with Crippen LogP contribution in [-0.4, -0.2) is 43.9 Å². The van der Waals surface area contributed by atoms with E-state index in [4.69, 9.17) is 11.6 Å². The van der Waals surface area contributed by atoms with Crippen molar-refractivity contribution in [3.05, 3.63) is 58.6 Å². The lowest BCUT2D eigenvalue weighted by atomic mass is 9.98. The second-order valence-electron chi connectivity index (χ2n) is 9.53. The average molecular weight is 553 g/mol. The summed E-state index contributed by atoms with van der Waals surface area (Å²) in [5.74, 6) is -1.15. The third kappa shape index (κ3) is 7.43. The number of carbonyl (C=O) groups is 2. The van der Waals surface area contributed by atoms with Crippen LogP contribution in [0.2, 0.25) is 5.02 Å². The second kappa shape index (κ2) is 12.7. The van der Waals surface area contributed by atoms with Crippen molar-refractivity contribution < 1.29 is 22.4 Å². The molecule has 3 rings (SSSR count). The van der Waals surface area contributed by atoms with Crippen molar-refractivity contribution in [2.24, 2.45) is 5.92 Å². The van der Waals surface area contributed by atoms with Crippen LogP contribution in [0.5, 0.6) is 0 Å². The van der Waals surface area contributed by atoms with E-state index in [9.17, 15) is 22.4 Å². The summed E-state index contributed by atoms with van der Waals surface area (Å²) in [4.78, 5) is 25.8. The van der Waals surface area contributed by atoms with Crippen LogP contribution >= 0.6 is 11.6 Å². The molecule has 1 heterocycles. The molecule has 0 bridgehead atoms. The van der Waals surface area contributed by atoms with E-state index in [1.807, 2.05) is 24.5 Å². The fourth-order valence-electron chi connectivity index (χ4n) is 4.44. The van der Waals surface area contributed by atoms with Gasteiger partial charge in [0.1, 0.15) is 22.4 Å². The first-order chi connectivity index (χ1) is 17.5. The topological polar surface area (TPSA) is 109 Å². The Hall–Kier alpha value is -2.69. The Labute approximate surface area is 222 Å². The Morgan fingerprint density at radius 1 is 1.19 bits per heavy atom. The fraction of sp³-hybridized carbons (Fsp3) is 0.462. The van der Waals surface area contributed by atoms with E-state index in [1.165, 1.54) is 0 Å². The summed E-state index contributed by atoms with van der Waals surface area (Å²) in [7, 11) is -3.92.